The smallest absolute Gasteiger partial charge is 0.270 e. The second kappa shape index (κ2) is 7.05. The number of benzene rings is 2. The van der Waals surface area contributed by atoms with Crippen LogP contribution in [0.2, 0.25) is 0 Å². The van der Waals surface area contributed by atoms with Crippen molar-refractivity contribution in [1.29, 1.82) is 0 Å². The second-order valence-electron chi connectivity index (χ2n) is 5.49. The van der Waals surface area contributed by atoms with Gasteiger partial charge in [0.1, 0.15) is 0 Å². The predicted octanol–water partition coefficient (Wildman–Crippen LogP) is 3.98. The molecule has 2 aliphatic rings. The number of hydrogen-bond donors (Lipinski definition) is 1. The van der Waals surface area contributed by atoms with Gasteiger partial charge in [0.2, 0.25) is 6.79 Å². The maximum atomic E-state index is 12.2. The molecular formula is C17H10BrN3O5S. The summed E-state index contributed by atoms with van der Waals surface area (Å²) >= 11 is 4.45. The van der Waals surface area contributed by atoms with Crippen LogP contribution >= 0.6 is 27.7 Å². The topological polar surface area (TPSA) is 103 Å². The van der Waals surface area contributed by atoms with Crippen LogP contribution in [0.3, 0.4) is 0 Å². The molecule has 2 aliphatic heterocycles. The van der Waals surface area contributed by atoms with Crippen LogP contribution in [0.25, 0.3) is 6.08 Å². The number of carbonyl (C=O) groups is 1. The third-order valence-corrected chi connectivity index (χ3v) is 5.25. The van der Waals surface area contributed by atoms with Gasteiger partial charge in [-0.1, -0.05) is 6.07 Å². The summed E-state index contributed by atoms with van der Waals surface area (Å²) in [5.74, 6) is 1.04. The Morgan fingerprint density at radius 1 is 1.22 bits per heavy atom. The molecule has 0 spiro atoms. The number of nitro groups is 1. The number of ether oxygens (including phenoxy) is 2. The monoisotopic (exact) mass is 447 g/mol. The van der Waals surface area contributed by atoms with Gasteiger partial charge in [-0.3, -0.25) is 14.9 Å². The molecule has 27 heavy (non-hydrogen) atoms. The molecule has 0 unspecified atom stereocenters. The zero-order chi connectivity index (χ0) is 19.0. The number of rotatable bonds is 3. The Kier molecular flexibility index (Phi) is 4.58. The van der Waals surface area contributed by atoms with Gasteiger partial charge in [-0.2, -0.15) is 0 Å². The highest BCUT2D eigenvalue weighted by Gasteiger charge is 2.24. The Bertz CT molecular complexity index is 1040. The summed E-state index contributed by atoms with van der Waals surface area (Å²) in [6.07, 6.45) is 1.73. The molecule has 0 radical (unpaired) electrons. The number of thioether (sulfide) groups is 1. The standard InChI is InChI=1S/C17H10BrN3O5S/c18-11-7-10(21(23)24)2-3-12(11)19-17-20-16(22)15(27-17)6-9-1-4-13-14(5-9)26-8-25-13/h1-7H,8H2,(H,19,20,22)/b15-6+. The summed E-state index contributed by atoms with van der Waals surface area (Å²) < 4.78 is 11.1. The highest BCUT2D eigenvalue weighted by atomic mass is 79.9. The minimum absolute atomic E-state index is 0.0441. The Hall–Kier alpha value is -2.85. The van der Waals surface area contributed by atoms with Crippen LogP contribution < -0.4 is 14.8 Å². The molecule has 136 valence electrons. The molecule has 1 saturated heterocycles. The lowest BCUT2D eigenvalue weighted by Gasteiger charge is -2.00. The average Bonchev–Trinajstić information content (AvgIpc) is 3.23. The molecule has 8 nitrogen and oxygen atoms in total. The lowest BCUT2D eigenvalue weighted by atomic mass is 10.2. The van der Waals surface area contributed by atoms with E-state index in [4.69, 9.17) is 9.47 Å². The van der Waals surface area contributed by atoms with Crippen molar-refractivity contribution in [2.75, 3.05) is 6.79 Å². The number of nitrogens with one attached hydrogen (secondary N) is 1. The quantitative estimate of drug-likeness (QED) is 0.433. The molecular weight excluding hydrogens is 438 g/mol. The van der Waals surface area contributed by atoms with E-state index in [0.717, 1.165) is 5.56 Å². The average molecular weight is 448 g/mol. The number of carbonyl (C=O) groups excluding carboxylic acids is 1. The zero-order valence-corrected chi connectivity index (χ0v) is 15.9. The fourth-order valence-electron chi connectivity index (χ4n) is 2.44. The molecule has 4 rings (SSSR count). The fraction of sp³-hybridized carbons (Fsp3) is 0.0588. The van der Waals surface area contributed by atoms with Gasteiger partial charge in [0.15, 0.2) is 16.7 Å². The van der Waals surface area contributed by atoms with Crippen LogP contribution in [-0.2, 0) is 4.79 Å². The van der Waals surface area contributed by atoms with Crippen molar-refractivity contribution in [2.45, 2.75) is 0 Å². The van der Waals surface area contributed by atoms with Gasteiger partial charge in [-0.05, 0) is 57.5 Å². The summed E-state index contributed by atoms with van der Waals surface area (Å²) in [6, 6.07) is 9.65. The number of aliphatic imine (C=N–C) groups is 1. The van der Waals surface area contributed by atoms with E-state index in [1.807, 2.05) is 6.07 Å². The summed E-state index contributed by atoms with van der Waals surface area (Å²) in [5, 5.41) is 13.9. The van der Waals surface area contributed by atoms with Gasteiger partial charge in [-0.25, -0.2) is 4.99 Å². The number of amidine groups is 1. The molecule has 1 fully saturated rings. The van der Waals surface area contributed by atoms with Crippen LogP contribution in [0, 0.1) is 10.1 Å². The maximum absolute atomic E-state index is 12.2. The Morgan fingerprint density at radius 3 is 2.81 bits per heavy atom. The lowest BCUT2D eigenvalue weighted by molar-refractivity contribution is -0.384. The third kappa shape index (κ3) is 3.67. The SMILES string of the molecule is O=C1NC(=Nc2ccc([N+](=O)[O-])cc2Br)S/C1=C/c1ccc2c(c1)OCO2. The van der Waals surface area contributed by atoms with Gasteiger partial charge >= 0.3 is 0 Å². The highest BCUT2D eigenvalue weighted by molar-refractivity contribution is 9.10. The number of non-ortho nitro benzene ring substituents is 1. The molecule has 0 atom stereocenters. The minimum Gasteiger partial charge on any atom is -0.454 e. The Balaban J connectivity index is 1.57. The van der Waals surface area contributed by atoms with E-state index in [1.165, 1.54) is 30.0 Å². The van der Waals surface area contributed by atoms with Crippen LogP contribution in [0.5, 0.6) is 11.5 Å². The largest absolute Gasteiger partial charge is 0.454 e. The van der Waals surface area contributed by atoms with Crippen molar-refractivity contribution in [1.82, 2.24) is 5.32 Å². The van der Waals surface area contributed by atoms with Crippen molar-refractivity contribution >= 4 is 56.2 Å². The van der Waals surface area contributed by atoms with Crippen molar-refractivity contribution in [3.05, 3.63) is 61.5 Å². The van der Waals surface area contributed by atoms with Crippen LogP contribution in [0.1, 0.15) is 5.56 Å². The first-order chi connectivity index (χ1) is 13.0. The first-order valence-electron chi connectivity index (χ1n) is 7.63. The molecule has 10 heteroatoms. The number of hydrogen-bond acceptors (Lipinski definition) is 7. The van der Waals surface area contributed by atoms with Crippen LogP contribution in [-0.4, -0.2) is 22.8 Å². The molecule has 0 saturated carbocycles. The molecule has 1 N–H and O–H groups in total. The Labute approximate surface area is 165 Å². The Morgan fingerprint density at radius 2 is 2.04 bits per heavy atom. The van der Waals surface area contributed by atoms with Crippen LogP contribution in [0.4, 0.5) is 11.4 Å². The molecule has 0 aliphatic carbocycles. The highest BCUT2D eigenvalue weighted by Crippen LogP contribution is 2.36. The number of nitro benzene ring substituents is 1. The van der Waals surface area contributed by atoms with Gasteiger partial charge in [0, 0.05) is 12.1 Å². The number of halogens is 1. The molecule has 0 bridgehead atoms. The summed E-state index contributed by atoms with van der Waals surface area (Å²) in [4.78, 5) is 27.3. The predicted molar refractivity (Wildman–Crippen MR) is 104 cm³/mol. The lowest BCUT2D eigenvalue weighted by Crippen LogP contribution is -2.19. The second-order valence-corrected chi connectivity index (χ2v) is 7.37. The molecule has 2 heterocycles. The zero-order valence-electron chi connectivity index (χ0n) is 13.5. The first kappa shape index (κ1) is 17.6. The van der Waals surface area contributed by atoms with E-state index in [2.05, 4.69) is 26.2 Å². The maximum Gasteiger partial charge on any atom is 0.270 e. The van der Waals surface area contributed by atoms with E-state index in [9.17, 15) is 14.9 Å². The molecule has 1 amide bonds. The van der Waals surface area contributed by atoms with E-state index < -0.39 is 4.92 Å². The fourth-order valence-corrected chi connectivity index (χ4v) is 3.73. The van der Waals surface area contributed by atoms with Gasteiger partial charge in [-0.15, -0.1) is 0 Å². The first-order valence-corrected chi connectivity index (χ1v) is 9.24. The molecule has 0 aromatic heterocycles. The minimum atomic E-state index is -0.486. The summed E-state index contributed by atoms with van der Waals surface area (Å²) in [7, 11) is 0. The van der Waals surface area contributed by atoms with Gasteiger partial charge in [0.05, 0.1) is 20.0 Å². The number of nitrogens with zero attached hydrogens (tertiary/aromatic N) is 2. The van der Waals surface area contributed by atoms with Crippen molar-refractivity contribution in [3.63, 3.8) is 0 Å². The normalized spacial score (nSPS) is 18.2. The number of amides is 1. The van der Waals surface area contributed by atoms with Crippen LogP contribution in [0.15, 0.2) is 50.8 Å². The van der Waals surface area contributed by atoms with E-state index in [0.29, 0.717) is 31.7 Å². The van der Waals surface area contributed by atoms with Gasteiger partial charge in [0.25, 0.3) is 11.6 Å². The van der Waals surface area contributed by atoms with Crippen molar-refractivity contribution in [3.8, 4) is 11.5 Å². The third-order valence-electron chi connectivity index (χ3n) is 3.71. The van der Waals surface area contributed by atoms with Gasteiger partial charge < -0.3 is 14.8 Å². The van der Waals surface area contributed by atoms with E-state index >= 15 is 0 Å². The van der Waals surface area contributed by atoms with Crippen molar-refractivity contribution in [2.24, 2.45) is 4.99 Å². The molecule has 2 aromatic rings. The van der Waals surface area contributed by atoms with E-state index in [-0.39, 0.29) is 18.4 Å². The van der Waals surface area contributed by atoms with Crippen molar-refractivity contribution < 1.29 is 19.2 Å². The summed E-state index contributed by atoms with van der Waals surface area (Å²) in [6.45, 7) is 0.186. The van der Waals surface area contributed by atoms with E-state index in [1.54, 1.807) is 18.2 Å². The molecule has 2 aromatic carbocycles. The summed E-state index contributed by atoms with van der Waals surface area (Å²) in [5.41, 5.74) is 1.24. The number of fused-ring (bicyclic) bond motifs is 1.